The summed E-state index contributed by atoms with van der Waals surface area (Å²) < 4.78 is 1.29. The molecule has 8 heteroatoms. The van der Waals surface area contributed by atoms with Crippen LogP contribution in [0.3, 0.4) is 0 Å². The zero-order valence-corrected chi connectivity index (χ0v) is 16.2. The molecule has 3 rings (SSSR count). The third-order valence-corrected chi connectivity index (χ3v) is 5.33. The van der Waals surface area contributed by atoms with Crippen LogP contribution in [0.4, 0.5) is 5.69 Å². The van der Waals surface area contributed by atoms with Crippen LogP contribution in [0.5, 0.6) is 0 Å². The summed E-state index contributed by atoms with van der Waals surface area (Å²) in [6.45, 7) is 5.30. The van der Waals surface area contributed by atoms with Gasteiger partial charge in [0.15, 0.2) is 5.54 Å². The molecule has 2 heterocycles. The molecule has 2 aromatic rings. The molecule has 1 aromatic heterocycles. The molecule has 8 nitrogen and oxygen atoms in total. The second-order valence-corrected chi connectivity index (χ2v) is 7.69. The molecule has 148 valence electrons. The third-order valence-electron chi connectivity index (χ3n) is 5.33. The van der Waals surface area contributed by atoms with E-state index >= 15 is 0 Å². The van der Waals surface area contributed by atoms with Gasteiger partial charge in [-0.1, -0.05) is 18.2 Å². The Morgan fingerprint density at radius 2 is 1.89 bits per heavy atom. The molecule has 2 amide bonds. The van der Waals surface area contributed by atoms with E-state index in [1.165, 1.54) is 30.9 Å². The van der Waals surface area contributed by atoms with Gasteiger partial charge in [0.25, 0.3) is 5.91 Å². The van der Waals surface area contributed by atoms with Crippen molar-refractivity contribution in [3.8, 4) is 0 Å². The van der Waals surface area contributed by atoms with Crippen LogP contribution >= 0.6 is 0 Å². The van der Waals surface area contributed by atoms with E-state index in [1.54, 1.807) is 36.1 Å². The number of carboxylic acid groups (broad SMARTS) is 1. The zero-order chi connectivity index (χ0) is 20.5. The maximum atomic E-state index is 13.0. The fourth-order valence-corrected chi connectivity index (χ4v) is 3.32. The van der Waals surface area contributed by atoms with Crippen molar-refractivity contribution in [3.05, 3.63) is 48.3 Å². The standard InChI is InChI=1S/C20H24N4O4/c1-19(2,18(27)28)24-13-15(12-21-24)22-17(26)20(3)10-7-11-23(20)16(25)14-8-5-4-6-9-14/h4-6,8-9,12-13H,7,10-11H2,1-3H3,(H,22,26)(H,27,28). The number of aromatic nitrogens is 2. The molecule has 0 bridgehead atoms. The lowest BCUT2D eigenvalue weighted by molar-refractivity contribution is -0.146. The molecule has 0 saturated carbocycles. The predicted octanol–water partition coefficient (Wildman–Crippen LogP) is 2.34. The highest BCUT2D eigenvalue weighted by atomic mass is 16.4. The summed E-state index contributed by atoms with van der Waals surface area (Å²) in [6, 6.07) is 8.88. The van der Waals surface area contributed by atoms with Gasteiger partial charge in [0, 0.05) is 18.3 Å². The van der Waals surface area contributed by atoms with E-state index in [0.29, 0.717) is 24.2 Å². The van der Waals surface area contributed by atoms with Gasteiger partial charge in [-0.15, -0.1) is 0 Å². The highest BCUT2D eigenvalue weighted by Gasteiger charge is 2.46. The van der Waals surface area contributed by atoms with Crippen molar-refractivity contribution in [3.63, 3.8) is 0 Å². The van der Waals surface area contributed by atoms with Crippen LogP contribution in [0.15, 0.2) is 42.7 Å². The van der Waals surface area contributed by atoms with Gasteiger partial charge in [-0.25, -0.2) is 4.79 Å². The SMILES string of the molecule is CC1(C(=O)Nc2cnn(C(C)(C)C(=O)O)c2)CCCN1C(=O)c1ccccc1. The zero-order valence-electron chi connectivity index (χ0n) is 16.2. The van der Waals surface area contributed by atoms with E-state index in [0.717, 1.165) is 6.42 Å². The Morgan fingerprint density at radius 1 is 1.21 bits per heavy atom. The number of anilines is 1. The predicted molar refractivity (Wildman–Crippen MR) is 103 cm³/mol. The molecule has 2 N–H and O–H groups in total. The minimum atomic E-state index is -1.24. The number of likely N-dealkylation sites (tertiary alicyclic amines) is 1. The van der Waals surface area contributed by atoms with Gasteiger partial charge in [0.05, 0.1) is 11.9 Å². The Bertz CT molecular complexity index is 906. The molecule has 1 aliphatic rings. The molecule has 1 fully saturated rings. The van der Waals surface area contributed by atoms with E-state index < -0.39 is 17.0 Å². The Balaban J connectivity index is 1.79. The molecule has 0 radical (unpaired) electrons. The summed E-state index contributed by atoms with van der Waals surface area (Å²) in [6.07, 6.45) is 4.16. The smallest absolute Gasteiger partial charge is 0.331 e. The van der Waals surface area contributed by atoms with Crippen LogP contribution < -0.4 is 5.32 Å². The van der Waals surface area contributed by atoms with E-state index in [2.05, 4.69) is 10.4 Å². The summed E-state index contributed by atoms with van der Waals surface area (Å²) in [7, 11) is 0. The largest absolute Gasteiger partial charge is 0.479 e. The quantitative estimate of drug-likeness (QED) is 0.823. The first-order valence-electron chi connectivity index (χ1n) is 9.13. The monoisotopic (exact) mass is 384 g/mol. The Morgan fingerprint density at radius 3 is 2.54 bits per heavy atom. The number of carboxylic acids is 1. The highest BCUT2D eigenvalue weighted by molar-refractivity contribution is 6.03. The van der Waals surface area contributed by atoms with Crippen LogP contribution in [-0.4, -0.2) is 49.7 Å². The molecule has 28 heavy (non-hydrogen) atoms. The number of hydrogen-bond donors (Lipinski definition) is 2. The van der Waals surface area contributed by atoms with Crippen molar-refractivity contribution < 1.29 is 19.5 Å². The van der Waals surface area contributed by atoms with Gasteiger partial charge < -0.3 is 15.3 Å². The maximum Gasteiger partial charge on any atom is 0.331 e. The average Bonchev–Trinajstić information content (AvgIpc) is 3.29. The van der Waals surface area contributed by atoms with Crippen molar-refractivity contribution in [1.82, 2.24) is 14.7 Å². The number of carbonyl (C=O) groups is 3. The summed E-state index contributed by atoms with van der Waals surface area (Å²) >= 11 is 0. The van der Waals surface area contributed by atoms with E-state index in [1.807, 2.05) is 6.07 Å². The van der Waals surface area contributed by atoms with Crippen molar-refractivity contribution in [2.75, 3.05) is 11.9 Å². The number of amides is 2. The van der Waals surface area contributed by atoms with Crippen LogP contribution in [0.25, 0.3) is 0 Å². The number of nitrogens with zero attached hydrogens (tertiary/aromatic N) is 3. The van der Waals surface area contributed by atoms with E-state index in [9.17, 15) is 19.5 Å². The van der Waals surface area contributed by atoms with E-state index in [4.69, 9.17) is 0 Å². The highest BCUT2D eigenvalue weighted by Crippen LogP contribution is 2.32. The van der Waals surface area contributed by atoms with Gasteiger partial charge in [-0.3, -0.25) is 14.3 Å². The number of rotatable bonds is 5. The Hall–Kier alpha value is -3.16. The minimum Gasteiger partial charge on any atom is -0.479 e. The number of carbonyl (C=O) groups excluding carboxylic acids is 2. The summed E-state index contributed by atoms with van der Waals surface area (Å²) in [5.74, 6) is -1.53. The lowest BCUT2D eigenvalue weighted by Gasteiger charge is -2.33. The Kier molecular flexibility index (Phi) is 4.97. The van der Waals surface area contributed by atoms with Gasteiger partial charge in [0.2, 0.25) is 5.91 Å². The molecule has 1 saturated heterocycles. The second-order valence-electron chi connectivity index (χ2n) is 7.69. The summed E-state index contributed by atoms with van der Waals surface area (Å²) in [4.78, 5) is 38.9. The van der Waals surface area contributed by atoms with Crippen LogP contribution in [0.2, 0.25) is 0 Å². The van der Waals surface area contributed by atoms with E-state index in [-0.39, 0.29) is 11.8 Å². The third kappa shape index (κ3) is 3.37. The Labute approximate surface area is 163 Å². The lowest BCUT2D eigenvalue weighted by Crippen LogP contribution is -2.53. The first-order chi connectivity index (χ1) is 13.2. The fourth-order valence-electron chi connectivity index (χ4n) is 3.32. The van der Waals surface area contributed by atoms with Crippen molar-refractivity contribution in [2.45, 2.75) is 44.7 Å². The summed E-state index contributed by atoms with van der Waals surface area (Å²) in [5, 5.41) is 16.1. The second kappa shape index (κ2) is 7.10. The van der Waals surface area contributed by atoms with Crippen molar-refractivity contribution in [1.29, 1.82) is 0 Å². The normalized spacial score (nSPS) is 19.5. The van der Waals surface area contributed by atoms with Gasteiger partial charge in [-0.05, 0) is 45.7 Å². The summed E-state index contributed by atoms with van der Waals surface area (Å²) in [5.41, 5.74) is -1.30. The van der Waals surface area contributed by atoms with Crippen molar-refractivity contribution >= 4 is 23.5 Å². The minimum absolute atomic E-state index is 0.182. The first-order valence-corrected chi connectivity index (χ1v) is 9.13. The molecule has 0 aliphatic carbocycles. The molecular weight excluding hydrogens is 360 g/mol. The topological polar surface area (TPSA) is 105 Å². The molecule has 1 aromatic carbocycles. The van der Waals surface area contributed by atoms with Gasteiger partial charge in [0.1, 0.15) is 5.54 Å². The van der Waals surface area contributed by atoms with Crippen LogP contribution in [-0.2, 0) is 15.1 Å². The molecular formula is C20H24N4O4. The van der Waals surface area contributed by atoms with Gasteiger partial charge in [-0.2, -0.15) is 5.10 Å². The van der Waals surface area contributed by atoms with Crippen LogP contribution in [0, 0.1) is 0 Å². The average molecular weight is 384 g/mol. The van der Waals surface area contributed by atoms with Gasteiger partial charge >= 0.3 is 5.97 Å². The maximum absolute atomic E-state index is 13.0. The lowest BCUT2D eigenvalue weighted by atomic mass is 9.96. The number of hydrogen-bond acceptors (Lipinski definition) is 4. The molecule has 0 spiro atoms. The number of nitrogens with one attached hydrogen (secondary N) is 1. The molecule has 1 atom stereocenters. The molecule has 1 unspecified atom stereocenters. The first kappa shape index (κ1) is 19.6. The molecule has 1 aliphatic heterocycles. The number of aliphatic carboxylic acids is 1. The van der Waals surface area contributed by atoms with Crippen molar-refractivity contribution in [2.24, 2.45) is 0 Å². The number of benzene rings is 1. The fraction of sp³-hybridized carbons (Fsp3) is 0.400. The van der Waals surface area contributed by atoms with Crippen LogP contribution in [0.1, 0.15) is 44.0 Å².